The van der Waals surface area contributed by atoms with Crippen LogP contribution in [0.15, 0.2) is 0 Å². The van der Waals surface area contributed by atoms with Gasteiger partial charge in [0.1, 0.15) is 18.8 Å². The Kier molecular flexibility index (Phi) is 4.85. The summed E-state index contributed by atoms with van der Waals surface area (Å²) >= 11 is 0. The molecule has 2 unspecified atom stereocenters. The fraction of sp³-hybridized carbons (Fsp3) is 1.00. The third kappa shape index (κ3) is 3.13. The second-order valence-electron chi connectivity index (χ2n) is 6.21. The zero-order chi connectivity index (χ0) is 13.4. The van der Waals surface area contributed by atoms with E-state index in [2.05, 4.69) is 41.5 Å². The van der Waals surface area contributed by atoms with Crippen molar-refractivity contribution in [1.29, 1.82) is 0 Å². The molecule has 0 bridgehead atoms. The molecule has 1 aliphatic heterocycles. The standard InChI is InChI=1S/C13H27O3P/c1-8(2)11-15-12(9(3)4)17(7,14)13(16-11)10(5)6/h8-13H,1-7H3. The molecule has 0 saturated carbocycles. The molecule has 17 heavy (non-hydrogen) atoms. The lowest BCUT2D eigenvalue weighted by Crippen LogP contribution is -2.44. The maximum absolute atomic E-state index is 12.9. The third-order valence-electron chi connectivity index (χ3n) is 3.24. The molecule has 0 aromatic carbocycles. The van der Waals surface area contributed by atoms with Gasteiger partial charge in [-0.3, -0.25) is 0 Å². The van der Waals surface area contributed by atoms with E-state index in [9.17, 15) is 4.57 Å². The van der Waals surface area contributed by atoms with Crippen molar-refractivity contribution in [2.45, 2.75) is 59.5 Å². The Hall–Kier alpha value is 0.150. The molecule has 2 atom stereocenters. The fourth-order valence-corrected chi connectivity index (χ4v) is 5.89. The van der Waals surface area contributed by atoms with Gasteiger partial charge in [-0.25, -0.2) is 0 Å². The van der Waals surface area contributed by atoms with E-state index in [1.807, 2.05) is 6.66 Å². The molecule has 102 valence electrons. The molecule has 0 aromatic rings. The molecule has 0 radical (unpaired) electrons. The van der Waals surface area contributed by atoms with Crippen LogP contribution in [-0.2, 0) is 14.0 Å². The van der Waals surface area contributed by atoms with E-state index in [0.717, 1.165) is 0 Å². The maximum atomic E-state index is 12.9. The van der Waals surface area contributed by atoms with Crippen LogP contribution in [0.2, 0.25) is 0 Å². The van der Waals surface area contributed by atoms with Crippen molar-refractivity contribution in [1.82, 2.24) is 0 Å². The van der Waals surface area contributed by atoms with Gasteiger partial charge in [0.2, 0.25) is 0 Å². The first-order valence-electron chi connectivity index (χ1n) is 6.55. The topological polar surface area (TPSA) is 35.5 Å². The first-order chi connectivity index (χ1) is 7.67. The predicted molar refractivity (Wildman–Crippen MR) is 71.6 cm³/mol. The summed E-state index contributed by atoms with van der Waals surface area (Å²) < 4.78 is 24.7. The third-order valence-corrected chi connectivity index (χ3v) is 6.70. The van der Waals surface area contributed by atoms with Crippen molar-refractivity contribution in [3.63, 3.8) is 0 Å². The fourth-order valence-electron chi connectivity index (χ4n) is 2.51. The Bertz CT molecular complexity index is 277. The molecule has 1 heterocycles. The highest BCUT2D eigenvalue weighted by Crippen LogP contribution is 2.60. The molecule has 1 saturated heterocycles. The summed E-state index contributed by atoms with van der Waals surface area (Å²) in [4.78, 5) is 0. The molecule has 0 aliphatic carbocycles. The minimum absolute atomic E-state index is 0.170. The predicted octanol–water partition coefficient (Wildman–Crippen LogP) is 3.97. The van der Waals surface area contributed by atoms with Gasteiger partial charge in [0, 0.05) is 5.92 Å². The number of rotatable bonds is 3. The summed E-state index contributed by atoms with van der Waals surface area (Å²) in [6.45, 7) is 14.3. The van der Waals surface area contributed by atoms with Crippen LogP contribution >= 0.6 is 7.14 Å². The Morgan fingerprint density at radius 1 is 0.824 bits per heavy atom. The van der Waals surface area contributed by atoms with Crippen molar-refractivity contribution in [2.75, 3.05) is 6.66 Å². The monoisotopic (exact) mass is 262 g/mol. The lowest BCUT2D eigenvalue weighted by molar-refractivity contribution is -0.214. The zero-order valence-corrected chi connectivity index (χ0v) is 13.0. The average Bonchev–Trinajstić information content (AvgIpc) is 2.14. The van der Waals surface area contributed by atoms with Gasteiger partial charge in [-0.15, -0.1) is 0 Å². The highest BCUT2D eigenvalue weighted by molar-refractivity contribution is 7.64. The highest BCUT2D eigenvalue weighted by atomic mass is 31.2. The van der Waals surface area contributed by atoms with E-state index in [1.54, 1.807) is 0 Å². The quantitative estimate of drug-likeness (QED) is 0.722. The van der Waals surface area contributed by atoms with Crippen LogP contribution in [0.3, 0.4) is 0 Å². The molecule has 1 rings (SSSR count). The van der Waals surface area contributed by atoms with Crippen LogP contribution in [-0.4, -0.2) is 24.6 Å². The SMILES string of the molecule is CC(C)C1OC(C(C)C)P(C)(=O)C(C(C)C)O1. The van der Waals surface area contributed by atoms with Crippen LogP contribution < -0.4 is 0 Å². The van der Waals surface area contributed by atoms with Crippen molar-refractivity contribution in [3.05, 3.63) is 0 Å². The van der Waals surface area contributed by atoms with Gasteiger partial charge in [-0.05, 0) is 18.5 Å². The smallest absolute Gasteiger partial charge is 0.161 e. The molecule has 0 spiro atoms. The molecule has 4 heteroatoms. The van der Waals surface area contributed by atoms with E-state index in [-0.39, 0.29) is 35.7 Å². The molecule has 0 amide bonds. The van der Waals surface area contributed by atoms with Gasteiger partial charge in [-0.2, -0.15) is 0 Å². The first-order valence-corrected chi connectivity index (χ1v) is 8.85. The zero-order valence-electron chi connectivity index (χ0n) is 12.1. The van der Waals surface area contributed by atoms with Crippen LogP contribution in [0, 0.1) is 17.8 Å². The minimum Gasteiger partial charge on any atom is -0.341 e. The average molecular weight is 262 g/mol. The summed E-state index contributed by atoms with van der Waals surface area (Å²) in [5.41, 5.74) is 0. The summed E-state index contributed by atoms with van der Waals surface area (Å²) in [5, 5.41) is 0. The largest absolute Gasteiger partial charge is 0.341 e. The highest BCUT2D eigenvalue weighted by Gasteiger charge is 2.48. The van der Waals surface area contributed by atoms with Crippen molar-refractivity contribution in [2.24, 2.45) is 17.8 Å². The lowest BCUT2D eigenvalue weighted by atomic mass is 10.2. The normalized spacial score (nSPS) is 39.3. The Morgan fingerprint density at radius 3 is 1.41 bits per heavy atom. The molecule has 1 fully saturated rings. The number of ether oxygens (including phenoxy) is 2. The Labute approximate surface area is 106 Å². The van der Waals surface area contributed by atoms with Gasteiger partial charge in [0.25, 0.3) is 0 Å². The van der Waals surface area contributed by atoms with Crippen LogP contribution in [0.5, 0.6) is 0 Å². The number of hydrogen-bond donors (Lipinski definition) is 0. The Balaban J connectivity index is 3.01. The van der Waals surface area contributed by atoms with Gasteiger partial charge in [0.05, 0.1) is 0 Å². The second kappa shape index (κ2) is 5.42. The van der Waals surface area contributed by atoms with Gasteiger partial charge >= 0.3 is 0 Å². The van der Waals surface area contributed by atoms with Crippen LogP contribution in [0.4, 0.5) is 0 Å². The van der Waals surface area contributed by atoms with E-state index in [4.69, 9.17) is 9.47 Å². The van der Waals surface area contributed by atoms with Crippen LogP contribution in [0.25, 0.3) is 0 Å². The maximum Gasteiger partial charge on any atom is 0.161 e. The van der Waals surface area contributed by atoms with E-state index in [0.29, 0.717) is 0 Å². The molecule has 3 nitrogen and oxygen atoms in total. The molecule has 0 N–H and O–H groups in total. The summed E-state index contributed by atoms with van der Waals surface area (Å²) in [6, 6.07) is 0. The minimum atomic E-state index is -2.44. The van der Waals surface area contributed by atoms with E-state index >= 15 is 0 Å². The van der Waals surface area contributed by atoms with E-state index < -0.39 is 7.14 Å². The number of hydrogen-bond acceptors (Lipinski definition) is 3. The second-order valence-corrected chi connectivity index (χ2v) is 9.35. The summed E-state index contributed by atoms with van der Waals surface area (Å²) in [7, 11) is -2.44. The van der Waals surface area contributed by atoms with Crippen molar-refractivity contribution < 1.29 is 14.0 Å². The van der Waals surface area contributed by atoms with Gasteiger partial charge in [-0.1, -0.05) is 41.5 Å². The molecule has 0 aromatic heterocycles. The molecular weight excluding hydrogens is 235 g/mol. The summed E-state index contributed by atoms with van der Waals surface area (Å²) in [6.07, 6.45) is -0.225. The first kappa shape index (κ1) is 15.2. The van der Waals surface area contributed by atoms with Crippen molar-refractivity contribution >= 4 is 7.14 Å². The molecule has 1 aliphatic rings. The van der Waals surface area contributed by atoms with Crippen molar-refractivity contribution in [3.8, 4) is 0 Å². The van der Waals surface area contributed by atoms with E-state index in [1.165, 1.54) is 0 Å². The van der Waals surface area contributed by atoms with Gasteiger partial charge in [0.15, 0.2) is 6.29 Å². The lowest BCUT2D eigenvalue weighted by Gasteiger charge is -2.45. The molecular formula is C13H27O3P. The Morgan fingerprint density at radius 2 is 1.18 bits per heavy atom. The van der Waals surface area contributed by atoms with Crippen LogP contribution in [0.1, 0.15) is 41.5 Å². The summed E-state index contributed by atoms with van der Waals surface area (Å²) in [5.74, 6) is 0.472. The van der Waals surface area contributed by atoms with Gasteiger partial charge < -0.3 is 14.0 Å².